The number of methoxy groups -OCH3 is 1. The molecule has 2 N–H and O–H groups in total. The van der Waals surface area contributed by atoms with E-state index in [1.54, 1.807) is 35.9 Å². The van der Waals surface area contributed by atoms with Crippen LogP contribution < -0.4 is 10.5 Å². The van der Waals surface area contributed by atoms with Crippen molar-refractivity contribution in [3.63, 3.8) is 0 Å². The second-order valence-corrected chi connectivity index (χ2v) is 4.71. The first-order chi connectivity index (χ1) is 9.60. The maximum Gasteiger partial charge on any atom is 0.181 e. The van der Waals surface area contributed by atoms with Crippen LogP contribution in [0.3, 0.4) is 0 Å². The average Bonchev–Trinajstić information content (AvgIpc) is 2.75. The van der Waals surface area contributed by atoms with Crippen molar-refractivity contribution < 1.29 is 9.13 Å². The van der Waals surface area contributed by atoms with Gasteiger partial charge in [-0.3, -0.25) is 4.40 Å². The van der Waals surface area contributed by atoms with Gasteiger partial charge in [0, 0.05) is 16.8 Å². The number of nitrogen functional groups attached to an aromatic ring is 1. The molecule has 2 heterocycles. The smallest absolute Gasteiger partial charge is 0.181 e. The van der Waals surface area contributed by atoms with Crippen LogP contribution in [0.4, 0.5) is 10.2 Å². The van der Waals surface area contributed by atoms with Gasteiger partial charge in [-0.1, -0.05) is 11.6 Å². The zero-order valence-electron chi connectivity index (χ0n) is 10.6. The average molecular weight is 292 g/mol. The lowest BCUT2D eigenvalue weighted by Gasteiger charge is -2.01. The van der Waals surface area contributed by atoms with Crippen LogP contribution in [-0.4, -0.2) is 16.5 Å². The highest BCUT2D eigenvalue weighted by molar-refractivity contribution is 6.30. The molecule has 0 aliphatic heterocycles. The van der Waals surface area contributed by atoms with Crippen molar-refractivity contribution in [2.45, 2.75) is 0 Å². The van der Waals surface area contributed by atoms with Crippen LogP contribution in [0.1, 0.15) is 0 Å². The van der Waals surface area contributed by atoms with Crippen molar-refractivity contribution in [1.29, 1.82) is 0 Å². The minimum Gasteiger partial charge on any atom is -0.493 e. The lowest BCUT2D eigenvalue weighted by Crippen LogP contribution is -1.95. The van der Waals surface area contributed by atoms with Crippen molar-refractivity contribution in [1.82, 2.24) is 9.38 Å². The summed E-state index contributed by atoms with van der Waals surface area (Å²) in [5, 5.41) is 0.295. The third kappa shape index (κ3) is 1.96. The molecule has 0 bridgehead atoms. The minimum absolute atomic E-state index is 0.295. The SMILES string of the molecule is COc1cccn2c(N)c(-c3cc(F)cc(Cl)c3)nc12. The fourth-order valence-corrected chi connectivity index (χ4v) is 2.35. The first-order valence-corrected chi connectivity index (χ1v) is 6.25. The Kier molecular flexibility index (Phi) is 2.99. The van der Waals surface area contributed by atoms with Crippen LogP contribution in [0.5, 0.6) is 5.75 Å². The lowest BCUT2D eigenvalue weighted by molar-refractivity contribution is 0.417. The number of ether oxygens (including phenoxy) is 1. The van der Waals surface area contributed by atoms with Crippen LogP contribution in [0, 0.1) is 5.82 Å². The molecule has 0 atom stereocenters. The summed E-state index contributed by atoms with van der Waals surface area (Å²) in [6.07, 6.45) is 1.77. The summed E-state index contributed by atoms with van der Waals surface area (Å²) in [5.41, 5.74) is 7.64. The van der Waals surface area contributed by atoms with Gasteiger partial charge in [0.15, 0.2) is 11.4 Å². The van der Waals surface area contributed by atoms with Crippen molar-refractivity contribution in [2.75, 3.05) is 12.8 Å². The number of hydrogen-bond acceptors (Lipinski definition) is 3. The molecule has 0 amide bonds. The number of benzene rings is 1. The van der Waals surface area contributed by atoms with Crippen molar-refractivity contribution in [3.8, 4) is 17.0 Å². The standard InChI is InChI=1S/C14H11ClFN3O/c1-20-11-3-2-4-19-13(17)12(18-14(11)19)8-5-9(15)7-10(16)6-8/h2-7H,17H2,1H3. The molecular formula is C14H11ClFN3O. The Balaban J connectivity index is 2.29. The summed E-state index contributed by atoms with van der Waals surface area (Å²) < 4.78 is 20.4. The molecule has 0 spiro atoms. The maximum atomic E-state index is 13.5. The fraction of sp³-hybridized carbons (Fsp3) is 0.0714. The summed E-state index contributed by atoms with van der Waals surface area (Å²) in [7, 11) is 1.55. The van der Waals surface area contributed by atoms with Crippen LogP contribution in [-0.2, 0) is 0 Å². The quantitative estimate of drug-likeness (QED) is 0.787. The fourth-order valence-electron chi connectivity index (χ4n) is 2.12. The molecule has 1 aromatic carbocycles. The molecule has 2 aromatic heterocycles. The Morgan fingerprint density at radius 3 is 2.85 bits per heavy atom. The van der Waals surface area contributed by atoms with Gasteiger partial charge in [-0.2, -0.15) is 0 Å². The highest BCUT2D eigenvalue weighted by Gasteiger charge is 2.15. The number of nitrogens with two attached hydrogens (primary N) is 1. The third-order valence-electron chi connectivity index (χ3n) is 3.01. The normalized spacial score (nSPS) is 10.9. The van der Waals surface area contributed by atoms with Crippen LogP contribution in [0.15, 0.2) is 36.5 Å². The van der Waals surface area contributed by atoms with Crippen LogP contribution in [0.2, 0.25) is 5.02 Å². The molecule has 6 heteroatoms. The minimum atomic E-state index is -0.434. The van der Waals surface area contributed by atoms with E-state index in [1.807, 2.05) is 0 Å². The van der Waals surface area contributed by atoms with Crippen molar-refractivity contribution in [2.24, 2.45) is 0 Å². The van der Waals surface area contributed by atoms with E-state index in [1.165, 1.54) is 12.1 Å². The van der Waals surface area contributed by atoms with Gasteiger partial charge in [-0.15, -0.1) is 0 Å². The zero-order valence-corrected chi connectivity index (χ0v) is 11.4. The van der Waals surface area contributed by atoms with E-state index in [0.29, 0.717) is 33.5 Å². The van der Waals surface area contributed by atoms with Crippen molar-refractivity contribution in [3.05, 3.63) is 47.4 Å². The van der Waals surface area contributed by atoms with E-state index >= 15 is 0 Å². The summed E-state index contributed by atoms with van der Waals surface area (Å²) >= 11 is 5.87. The Bertz CT molecular complexity index is 780. The van der Waals surface area contributed by atoms with E-state index in [9.17, 15) is 4.39 Å². The number of hydrogen-bond donors (Lipinski definition) is 1. The van der Waals surface area contributed by atoms with Gasteiger partial charge in [0.1, 0.15) is 17.3 Å². The van der Waals surface area contributed by atoms with E-state index in [-0.39, 0.29) is 0 Å². The van der Waals surface area contributed by atoms with Crippen LogP contribution >= 0.6 is 11.6 Å². The Morgan fingerprint density at radius 2 is 2.15 bits per heavy atom. The van der Waals surface area contributed by atoms with Crippen LogP contribution in [0.25, 0.3) is 16.9 Å². The summed E-state index contributed by atoms with van der Waals surface area (Å²) in [6.45, 7) is 0. The first-order valence-electron chi connectivity index (χ1n) is 5.87. The molecule has 0 saturated heterocycles. The molecule has 4 nitrogen and oxygen atoms in total. The Morgan fingerprint density at radius 1 is 1.35 bits per heavy atom. The highest BCUT2D eigenvalue weighted by Crippen LogP contribution is 2.31. The molecule has 0 saturated carbocycles. The van der Waals surface area contributed by atoms with Gasteiger partial charge in [-0.25, -0.2) is 9.37 Å². The van der Waals surface area contributed by atoms with Gasteiger partial charge in [0.05, 0.1) is 7.11 Å². The number of aromatic nitrogens is 2. The highest BCUT2D eigenvalue weighted by atomic mass is 35.5. The molecule has 0 fully saturated rings. The van der Waals surface area contributed by atoms with Gasteiger partial charge >= 0.3 is 0 Å². The lowest BCUT2D eigenvalue weighted by atomic mass is 10.1. The van der Waals surface area contributed by atoms with Gasteiger partial charge in [0.2, 0.25) is 0 Å². The molecule has 0 unspecified atom stereocenters. The summed E-state index contributed by atoms with van der Waals surface area (Å²) in [4.78, 5) is 4.42. The van der Waals surface area contributed by atoms with Gasteiger partial charge in [-0.05, 0) is 30.3 Å². The number of anilines is 1. The van der Waals surface area contributed by atoms with Gasteiger partial charge in [0.25, 0.3) is 0 Å². The van der Waals surface area contributed by atoms with Crippen molar-refractivity contribution >= 4 is 23.1 Å². The second kappa shape index (κ2) is 4.68. The largest absolute Gasteiger partial charge is 0.493 e. The molecule has 3 rings (SSSR count). The van der Waals surface area contributed by atoms with E-state index in [0.717, 1.165) is 0 Å². The molecule has 0 aliphatic rings. The Hall–Kier alpha value is -2.27. The second-order valence-electron chi connectivity index (χ2n) is 4.27. The number of fused-ring (bicyclic) bond motifs is 1. The predicted molar refractivity (Wildman–Crippen MR) is 76.6 cm³/mol. The third-order valence-corrected chi connectivity index (χ3v) is 3.23. The molecule has 20 heavy (non-hydrogen) atoms. The first kappa shape index (κ1) is 12.7. The number of halogens is 2. The molecule has 102 valence electrons. The maximum absolute atomic E-state index is 13.5. The molecule has 0 aliphatic carbocycles. The Labute approximate surface area is 119 Å². The predicted octanol–water partition coefficient (Wildman–Crippen LogP) is 3.38. The van der Waals surface area contributed by atoms with Gasteiger partial charge < -0.3 is 10.5 Å². The zero-order chi connectivity index (χ0) is 14.3. The summed E-state index contributed by atoms with van der Waals surface area (Å²) in [6, 6.07) is 7.78. The van der Waals surface area contributed by atoms with E-state index in [4.69, 9.17) is 22.1 Å². The number of imidazole rings is 1. The molecule has 0 radical (unpaired) electrons. The number of nitrogens with zero attached hydrogens (tertiary/aromatic N) is 2. The number of rotatable bonds is 2. The van der Waals surface area contributed by atoms with E-state index < -0.39 is 5.82 Å². The molecule has 3 aromatic rings. The molecular weight excluding hydrogens is 281 g/mol. The monoisotopic (exact) mass is 291 g/mol. The van der Waals surface area contributed by atoms with E-state index in [2.05, 4.69) is 4.98 Å². The number of pyridine rings is 1. The summed E-state index contributed by atoms with van der Waals surface area (Å²) in [5.74, 6) is 0.560. The topological polar surface area (TPSA) is 52.5 Å².